The van der Waals surface area contributed by atoms with Crippen LogP contribution in [0.5, 0.6) is 0 Å². The van der Waals surface area contributed by atoms with Gasteiger partial charge in [-0.15, -0.1) is 0 Å². The Bertz CT molecular complexity index is 461. The maximum absolute atomic E-state index is 13.7. The summed E-state index contributed by atoms with van der Waals surface area (Å²) in [5.41, 5.74) is 4.83. The summed E-state index contributed by atoms with van der Waals surface area (Å²) in [6.45, 7) is 1.15. The van der Waals surface area contributed by atoms with Crippen LogP contribution in [0.1, 0.15) is 10.4 Å². The van der Waals surface area contributed by atoms with Crippen LogP contribution in [0.4, 0.5) is 14.5 Å². The minimum Gasteiger partial charge on any atom is -0.396 e. The van der Waals surface area contributed by atoms with Crippen molar-refractivity contribution in [3.8, 4) is 0 Å². The molecule has 20 heavy (non-hydrogen) atoms. The molecule has 0 fully saturated rings. The van der Waals surface area contributed by atoms with Crippen LogP contribution in [-0.2, 0) is 9.47 Å². The number of anilines is 1. The maximum atomic E-state index is 13.7. The quantitative estimate of drug-likeness (QED) is 0.768. The van der Waals surface area contributed by atoms with E-state index in [2.05, 4.69) is 0 Å². The highest BCUT2D eigenvalue weighted by molar-refractivity contribution is 5.95. The second-order valence-corrected chi connectivity index (χ2v) is 4.13. The van der Waals surface area contributed by atoms with Gasteiger partial charge < -0.3 is 20.1 Å². The fraction of sp³-hybridized carbons (Fsp3) is 0.462. The number of benzene rings is 1. The van der Waals surface area contributed by atoms with Gasteiger partial charge in [0.2, 0.25) is 0 Å². The minimum atomic E-state index is -0.943. The molecule has 0 atom stereocenters. The number of nitrogens with zero attached hydrogens (tertiary/aromatic N) is 1. The van der Waals surface area contributed by atoms with Crippen molar-refractivity contribution in [3.63, 3.8) is 0 Å². The molecule has 1 aromatic rings. The fourth-order valence-corrected chi connectivity index (χ4v) is 1.62. The third-order valence-corrected chi connectivity index (χ3v) is 2.73. The van der Waals surface area contributed by atoms with Gasteiger partial charge >= 0.3 is 0 Å². The lowest BCUT2D eigenvalue weighted by atomic mass is 10.1. The Morgan fingerprint density at radius 1 is 1.15 bits per heavy atom. The summed E-state index contributed by atoms with van der Waals surface area (Å²) in [5.74, 6) is -2.41. The lowest BCUT2D eigenvalue weighted by Gasteiger charge is -2.22. The van der Waals surface area contributed by atoms with Gasteiger partial charge in [-0.05, 0) is 6.07 Å². The number of halogens is 2. The smallest absolute Gasteiger partial charge is 0.257 e. The number of hydrogen-bond acceptors (Lipinski definition) is 4. The molecule has 0 aliphatic carbocycles. The molecule has 0 saturated carbocycles. The number of rotatable bonds is 7. The average Bonchev–Trinajstić information content (AvgIpc) is 2.42. The molecule has 0 heterocycles. The van der Waals surface area contributed by atoms with Crippen molar-refractivity contribution in [1.82, 2.24) is 4.90 Å². The fourth-order valence-electron chi connectivity index (χ4n) is 1.62. The average molecular weight is 288 g/mol. The van der Waals surface area contributed by atoms with Crippen molar-refractivity contribution in [2.45, 2.75) is 0 Å². The lowest BCUT2D eigenvalue weighted by Crippen LogP contribution is -2.37. The van der Waals surface area contributed by atoms with E-state index in [0.29, 0.717) is 19.3 Å². The van der Waals surface area contributed by atoms with Gasteiger partial charge in [0.25, 0.3) is 5.91 Å². The zero-order valence-corrected chi connectivity index (χ0v) is 11.5. The molecule has 0 saturated heterocycles. The molecule has 0 unspecified atom stereocenters. The van der Waals surface area contributed by atoms with Gasteiger partial charge in [0, 0.05) is 33.4 Å². The van der Waals surface area contributed by atoms with Gasteiger partial charge in [-0.25, -0.2) is 8.78 Å². The predicted octanol–water partition coefficient (Wildman–Crippen LogP) is 1.28. The van der Waals surface area contributed by atoms with E-state index < -0.39 is 17.5 Å². The summed E-state index contributed by atoms with van der Waals surface area (Å²) in [6.07, 6.45) is 0. The number of methoxy groups -OCH3 is 2. The van der Waals surface area contributed by atoms with Gasteiger partial charge in [0.1, 0.15) is 11.6 Å². The third-order valence-electron chi connectivity index (χ3n) is 2.73. The van der Waals surface area contributed by atoms with Crippen molar-refractivity contribution >= 4 is 11.6 Å². The summed E-state index contributed by atoms with van der Waals surface area (Å²) in [6, 6.07) is 1.60. The van der Waals surface area contributed by atoms with Crippen LogP contribution in [0.3, 0.4) is 0 Å². The topological polar surface area (TPSA) is 64.8 Å². The Morgan fingerprint density at radius 3 is 2.20 bits per heavy atom. The number of carbonyl (C=O) groups excluding carboxylic acids is 1. The van der Waals surface area contributed by atoms with Crippen LogP contribution in [0.15, 0.2) is 12.1 Å². The van der Waals surface area contributed by atoms with Crippen molar-refractivity contribution in [2.24, 2.45) is 0 Å². The van der Waals surface area contributed by atoms with Gasteiger partial charge in [-0.1, -0.05) is 0 Å². The Hall–Kier alpha value is -1.73. The highest BCUT2D eigenvalue weighted by Gasteiger charge is 2.20. The molecular formula is C13H18F2N2O3. The SMILES string of the molecule is COCCN(CCOC)C(=O)c1cc(N)c(F)cc1F. The van der Waals surface area contributed by atoms with Crippen LogP contribution in [0, 0.1) is 11.6 Å². The second kappa shape index (κ2) is 7.76. The van der Waals surface area contributed by atoms with Crippen molar-refractivity contribution in [1.29, 1.82) is 0 Å². The minimum absolute atomic E-state index is 0.267. The largest absolute Gasteiger partial charge is 0.396 e. The van der Waals surface area contributed by atoms with Gasteiger partial charge in [0.05, 0.1) is 24.5 Å². The van der Waals surface area contributed by atoms with Crippen molar-refractivity contribution in [3.05, 3.63) is 29.3 Å². The number of amides is 1. The maximum Gasteiger partial charge on any atom is 0.257 e. The molecular weight excluding hydrogens is 270 g/mol. The molecule has 1 rings (SSSR count). The Kier molecular flexibility index (Phi) is 6.33. The first-order valence-electron chi connectivity index (χ1n) is 6.03. The van der Waals surface area contributed by atoms with Gasteiger partial charge in [-0.2, -0.15) is 0 Å². The first kappa shape index (κ1) is 16.3. The van der Waals surface area contributed by atoms with E-state index in [1.165, 1.54) is 19.1 Å². The number of ether oxygens (including phenoxy) is 2. The Balaban J connectivity index is 2.95. The van der Waals surface area contributed by atoms with E-state index in [1.54, 1.807) is 0 Å². The van der Waals surface area contributed by atoms with E-state index in [9.17, 15) is 13.6 Å². The summed E-state index contributed by atoms with van der Waals surface area (Å²) in [4.78, 5) is 13.6. The van der Waals surface area contributed by atoms with Crippen LogP contribution in [0.2, 0.25) is 0 Å². The van der Waals surface area contributed by atoms with Crippen LogP contribution in [0.25, 0.3) is 0 Å². The summed E-state index contributed by atoms with van der Waals surface area (Å²) in [5, 5.41) is 0. The molecule has 0 aliphatic rings. The van der Waals surface area contributed by atoms with Gasteiger partial charge in [0.15, 0.2) is 0 Å². The van der Waals surface area contributed by atoms with E-state index in [-0.39, 0.29) is 24.3 Å². The molecule has 2 N–H and O–H groups in total. The van der Waals surface area contributed by atoms with E-state index in [1.807, 2.05) is 0 Å². The molecule has 1 aromatic carbocycles. The summed E-state index contributed by atoms with van der Waals surface area (Å²) >= 11 is 0. The van der Waals surface area contributed by atoms with Crippen LogP contribution >= 0.6 is 0 Å². The first-order chi connectivity index (χ1) is 9.51. The highest BCUT2D eigenvalue weighted by atomic mass is 19.1. The molecule has 0 aromatic heterocycles. The molecule has 0 bridgehead atoms. The first-order valence-corrected chi connectivity index (χ1v) is 6.03. The number of carbonyl (C=O) groups is 1. The van der Waals surface area contributed by atoms with E-state index in [0.717, 1.165) is 6.07 Å². The molecule has 7 heteroatoms. The number of nitrogens with two attached hydrogens (primary N) is 1. The third kappa shape index (κ3) is 4.14. The summed E-state index contributed by atoms with van der Waals surface area (Å²) in [7, 11) is 2.99. The molecule has 0 aliphatic heterocycles. The van der Waals surface area contributed by atoms with E-state index >= 15 is 0 Å². The standard InChI is InChI=1S/C13H18F2N2O3/c1-19-5-3-17(4-6-20-2)13(18)9-7-12(16)11(15)8-10(9)14/h7-8H,3-6,16H2,1-2H3. The molecule has 1 amide bonds. The lowest BCUT2D eigenvalue weighted by molar-refractivity contribution is 0.0623. The second-order valence-electron chi connectivity index (χ2n) is 4.13. The highest BCUT2D eigenvalue weighted by Crippen LogP contribution is 2.18. The van der Waals surface area contributed by atoms with E-state index in [4.69, 9.17) is 15.2 Å². The predicted molar refractivity (Wildman–Crippen MR) is 70.4 cm³/mol. The van der Waals surface area contributed by atoms with Crippen molar-refractivity contribution in [2.75, 3.05) is 46.3 Å². The summed E-state index contributed by atoms with van der Waals surface area (Å²) < 4.78 is 36.6. The van der Waals surface area contributed by atoms with Crippen LogP contribution in [-0.4, -0.2) is 51.3 Å². The molecule has 112 valence electrons. The Morgan fingerprint density at radius 2 is 1.70 bits per heavy atom. The number of nitrogen functional groups attached to an aromatic ring is 1. The Labute approximate surface area is 116 Å². The molecule has 0 spiro atoms. The van der Waals surface area contributed by atoms with Crippen LogP contribution < -0.4 is 5.73 Å². The molecule has 0 radical (unpaired) electrons. The normalized spacial score (nSPS) is 10.6. The number of hydrogen-bond donors (Lipinski definition) is 1. The molecule has 5 nitrogen and oxygen atoms in total. The van der Waals surface area contributed by atoms with Crippen molar-refractivity contribution < 1.29 is 23.0 Å². The van der Waals surface area contributed by atoms with Gasteiger partial charge in [-0.3, -0.25) is 4.79 Å². The zero-order chi connectivity index (χ0) is 15.1. The zero-order valence-electron chi connectivity index (χ0n) is 11.5. The monoisotopic (exact) mass is 288 g/mol.